The fourth-order valence-electron chi connectivity index (χ4n) is 0.834. The summed E-state index contributed by atoms with van der Waals surface area (Å²) in [6, 6.07) is 0. The molecule has 0 amide bonds. The molecule has 0 heterocycles. The molecule has 0 unspecified atom stereocenters. The Balaban J connectivity index is 3.96. The Kier molecular flexibility index (Phi) is 11.0. The van der Waals surface area contributed by atoms with Gasteiger partial charge in [0.15, 0.2) is 0 Å². The van der Waals surface area contributed by atoms with Gasteiger partial charge >= 0.3 is 7.60 Å². The highest BCUT2D eigenvalue weighted by atomic mass is 35.5. The largest absolute Gasteiger partial charge is 0.331 e. The highest BCUT2D eigenvalue weighted by molar-refractivity contribution is 7.99. The highest BCUT2D eigenvalue weighted by Gasteiger charge is 2.23. The van der Waals surface area contributed by atoms with Crippen LogP contribution < -0.4 is 0 Å². The summed E-state index contributed by atoms with van der Waals surface area (Å²) < 4.78 is 22.3. The molecule has 0 spiro atoms. The van der Waals surface area contributed by atoms with Crippen LogP contribution in [0.1, 0.15) is 6.92 Å². The standard InChI is InChI=1S/C8H17Cl2O3PS/c1-2-15-8-7-14(11,12-5-3-9)13-6-4-10/h2-8H2,1H3. The Labute approximate surface area is 106 Å². The lowest BCUT2D eigenvalue weighted by atomic mass is 10.9. The smallest absolute Gasteiger partial charge is 0.307 e. The van der Waals surface area contributed by atoms with Crippen LogP contribution in [0.15, 0.2) is 0 Å². The summed E-state index contributed by atoms with van der Waals surface area (Å²) in [7, 11) is -2.97. The predicted molar refractivity (Wildman–Crippen MR) is 68.8 cm³/mol. The first-order valence-electron chi connectivity index (χ1n) is 4.76. The van der Waals surface area contributed by atoms with E-state index in [1.165, 1.54) is 0 Å². The number of thioether (sulfide) groups is 1. The third kappa shape index (κ3) is 8.84. The van der Waals surface area contributed by atoms with Gasteiger partial charge in [0.05, 0.1) is 19.4 Å². The van der Waals surface area contributed by atoms with E-state index in [1.807, 2.05) is 0 Å². The summed E-state index contributed by atoms with van der Waals surface area (Å²) in [6.07, 6.45) is 0.416. The van der Waals surface area contributed by atoms with E-state index in [0.717, 1.165) is 11.5 Å². The van der Waals surface area contributed by atoms with Crippen LogP contribution in [0.5, 0.6) is 0 Å². The van der Waals surface area contributed by atoms with Crippen molar-refractivity contribution in [2.45, 2.75) is 6.92 Å². The molecule has 92 valence electrons. The third-order valence-electron chi connectivity index (χ3n) is 1.44. The lowest BCUT2D eigenvalue weighted by Crippen LogP contribution is -2.05. The summed E-state index contributed by atoms with van der Waals surface area (Å²) in [5, 5.41) is 0. The second kappa shape index (κ2) is 10.2. The monoisotopic (exact) mass is 294 g/mol. The Morgan fingerprint density at radius 3 is 2.13 bits per heavy atom. The zero-order valence-corrected chi connectivity index (χ0v) is 12.0. The molecule has 7 heteroatoms. The van der Waals surface area contributed by atoms with E-state index in [2.05, 4.69) is 6.92 Å². The first kappa shape index (κ1) is 16.1. The maximum absolute atomic E-state index is 12.0. The molecule has 0 aromatic carbocycles. The lowest BCUT2D eigenvalue weighted by Gasteiger charge is -2.17. The molecule has 3 nitrogen and oxygen atoms in total. The zero-order valence-electron chi connectivity index (χ0n) is 8.79. The van der Waals surface area contributed by atoms with Gasteiger partial charge in [-0.1, -0.05) is 6.92 Å². The second-order valence-electron chi connectivity index (χ2n) is 2.58. The Morgan fingerprint density at radius 1 is 1.20 bits per heavy atom. The maximum Gasteiger partial charge on any atom is 0.331 e. The van der Waals surface area contributed by atoms with Crippen molar-refractivity contribution in [1.82, 2.24) is 0 Å². The van der Waals surface area contributed by atoms with Crippen molar-refractivity contribution < 1.29 is 13.6 Å². The molecule has 0 saturated carbocycles. The van der Waals surface area contributed by atoms with Crippen molar-refractivity contribution in [2.75, 3.05) is 42.6 Å². The number of hydrogen-bond donors (Lipinski definition) is 0. The second-order valence-corrected chi connectivity index (χ2v) is 6.91. The van der Waals surface area contributed by atoms with Crippen LogP contribution in [0.2, 0.25) is 0 Å². The Hall–Kier alpha value is 1.08. The van der Waals surface area contributed by atoms with Crippen molar-refractivity contribution in [3.8, 4) is 0 Å². The van der Waals surface area contributed by atoms with Gasteiger partial charge in [-0.2, -0.15) is 11.8 Å². The van der Waals surface area contributed by atoms with Crippen LogP contribution in [0, 0.1) is 0 Å². The minimum Gasteiger partial charge on any atom is -0.307 e. The number of alkyl halides is 2. The van der Waals surface area contributed by atoms with Crippen molar-refractivity contribution in [1.29, 1.82) is 0 Å². The van der Waals surface area contributed by atoms with Gasteiger partial charge in [0.25, 0.3) is 0 Å². The number of hydrogen-bond acceptors (Lipinski definition) is 4. The van der Waals surface area contributed by atoms with E-state index in [4.69, 9.17) is 32.2 Å². The van der Waals surface area contributed by atoms with Crippen LogP contribution in [0.3, 0.4) is 0 Å². The molecule has 0 aromatic heterocycles. The van der Waals surface area contributed by atoms with Crippen LogP contribution in [0.4, 0.5) is 0 Å². The zero-order chi connectivity index (χ0) is 11.6. The summed E-state index contributed by atoms with van der Waals surface area (Å²) in [6.45, 7) is 2.55. The molecule has 0 aliphatic carbocycles. The minimum atomic E-state index is -2.97. The molecule has 0 aliphatic heterocycles. The van der Waals surface area contributed by atoms with Crippen LogP contribution in [-0.4, -0.2) is 42.6 Å². The number of rotatable bonds is 10. The molecule has 0 aromatic rings. The van der Waals surface area contributed by atoms with Gasteiger partial charge in [0, 0.05) is 17.5 Å². The molecule has 0 fully saturated rings. The van der Waals surface area contributed by atoms with Crippen LogP contribution >= 0.6 is 42.6 Å². The predicted octanol–water partition coefficient (Wildman–Crippen LogP) is 3.44. The molecule has 0 saturated heterocycles. The average molecular weight is 295 g/mol. The van der Waals surface area contributed by atoms with E-state index in [9.17, 15) is 4.57 Å². The van der Waals surface area contributed by atoms with Gasteiger partial charge in [0.1, 0.15) is 0 Å². The first-order valence-corrected chi connectivity index (χ1v) is 8.71. The van der Waals surface area contributed by atoms with Gasteiger partial charge in [-0.25, -0.2) is 0 Å². The summed E-state index contributed by atoms with van der Waals surface area (Å²) in [4.78, 5) is 0. The molecule has 0 radical (unpaired) electrons. The molecular weight excluding hydrogens is 278 g/mol. The van der Waals surface area contributed by atoms with Crippen molar-refractivity contribution >= 4 is 42.6 Å². The molecular formula is C8H17Cl2O3PS. The van der Waals surface area contributed by atoms with Gasteiger partial charge in [0.2, 0.25) is 0 Å². The quantitative estimate of drug-likeness (QED) is 0.351. The highest BCUT2D eigenvalue weighted by Crippen LogP contribution is 2.48. The molecule has 0 aliphatic rings. The summed E-state index contributed by atoms with van der Waals surface area (Å²) >= 11 is 12.6. The summed E-state index contributed by atoms with van der Waals surface area (Å²) in [5.74, 6) is 2.38. The van der Waals surface area contributed by atoms with Crippen molar-refractivity contribution in [2.24, 2.45) is 0 Å². The topological polar surface area (TPSA) is 35.5 Å². The fraction of sp³-hybridized carbons (Fsp3) is 1.00. The minimum absolute atomic E-state index is 0.248. The number of halogens is 2. The van der Waals surface area contributed by atoms with Gasteiger partial charge in [-0.05, 0) is 5.75 Å². The van der Waals surface area contributed by atoms with Gasteiger partial charge < -0.3 is 9.05 Å². The average Bonchev–Trinajstić information content (AvgIpc) is 2.24. The lowest BCUT2D eigenvalue weighted by molar-refractivity contribution is 0.223. The first-order chi connectivity index (χ1) is 7.18. The molecule has 0 rings (SSSR count). The molecule has 0 bridgehead atoms. The van der Waals surface area contributed by atoms with E-state index < -0.39 is 7.60 Å². The Morgan fingerprint density at radius 2 is 1.73 bits per heavy atom. The maximum atomic E-state index is 12.0. The van der Waals surface area contributed by atoms with E-state index in [0.29, 0.717) is 17.9 Å². The van der Waals surface area contributed by atoms with Crippen LogP contribution in [0.25, 0.3) is 0 Å². The molecule has 0 N–H and O–H groups in total. The van der Waals surface area contributed by atoms with Crippen LogP contribution in [-0.2, 0) is 13.6 Å². The third-order valence-corrected chi connectivity index (χ3v) is 4.88. The normalized spacial score (nSPS) is 11.9. The fourth-order valence-corrected chi connectivity index (χ4v) is 3.97. The van der Waals surface area contributed by atoms with Crippen molar-refractivity contribution in [3.63, 3.8) is 0 Å². The molecule has 0 atom stereocenters. The van der Waals surface area contributed by atoms with Crippen molar-refractivity contribution in [3.05, 3.63) is 0 Å². The van der Waals surface area contributed by atoms with Gasteiger partial charge in [-0.15, -0.1) is 23.2 Å². The van der Waals surface area contributed by atoms with E-state index in [1.54, 1.807) is 11.8 Å². The SMILES string of the molecule is CCSCCP(=O)(OCCCl)OCCCl. The Bertz CT molecular complexity index is 183. The van der Waals surface area contributed by atoms with Gasteiger partial charge in [-0.3, -0.25) is 4.57 Å². The molecule has 15 heavy (non-hydrogen) atoms. The van der Waals surface area contributed by atoms with E-state index >= 15 is 0 Å². The summed E-state index contributed by atoms with van der Waals surface area (Å²) in [5.41, 5.74) is 0. The van der Waals surface area contributed by atoms with E-state index in [-0.39, 0.29) is 13.2 Å².